The molecule has 0 spiro atoms. The van der Waals surface area contributed by atoms with E-state index >= 15 is 0 Å². The van der Waals surface area contributed by atoms with Crippen LogP contribution in [-0.4, -0.2) is 23.4 Å². The van der Waals surface area contributed by atoms with Crippen molar-refractivity contribution in [2.45, 2.75) is 26.3 Å². The van der Waals surface area contributed by atoms with Gasteiger partial charge in [0.1, 0.15) is 5.82 Å². The molecular formula is C16H22N4. The number of rotatable bonds is 3. The molecule has 0 amide bonds. The van der Waals surface area contributed by atoms with Gasteiger partial charge in [-0.05, 0) is 38.4 Å². The number of aryl methyl sites for hydroxylation is 3. The van der Waals surface area contributed by atoms with Gasteiger partial charge in [-0.15, -0.1) is 0 Å². The molecule has 0 fully saturated rings. The number of hydrogen-bond donors (Lipinski definition) is 1. The van der Waals surface area contributed by atoms with Crippen LogP contribution in [0, 0.1) is 6.92 Å². The van der Waals surface area contributed by atoms with Gasteiger partial charge in [-0.25, -0.2) is 0 Å². The molecule has 1 aliphatic heterocycles. The highest BCUT2D eigenvalue weighted by Crippen LogP contribution is 2.35. The molecule has 0 saturated carbocycles. The molecule has 0 saturated heterocycles. The van der Waals surface area contributed by atoms with E-state index in [1.807, 2.05) is 18.8 Å². The highest BCUT2D eigenvalue weighted by molar-refractivity contribution is 5.68. The van der Waals surface area contributed by atoms with Gasteiger partial charge in [-0.1, -0.05) is 18.2 Å². The summed E-state index contributed by atoms with van der Waals surface area (Å²) in [5.41, 5.74) is 5.18. The largest absolute Gasteiger partial charge is 0.326 e. The van der Waals surface area contributed by atoms with Gasteiger partial charge in [0, 0.05) is 31.4 Å². The quantitative estimate of drug-likeness (QED) is 0.930. The average Bonchev–Trinajstić information content (AvgIpc) is 2.73. The zero-order valence-electron chi connectivity index (χ0n) is 12.5. The molecule has 1 aromatic heterocycles. The first-order valence-electron chi connectivity index (χ1n) is 7.25. The fraction of sp³-hybridized carbons (Fsp3) is 0.438. The lowest BCUT2D eigenvalue weighted by Gasteiger charge is -2.32. The first kappa shape index (κ1) is 13.2. The number of benzene rings is 1. The van der Waals surface area contributed by atoms with Gasteiger partial charge in [0.25, 0.3) is 0 Å². The summed E-state index contributed by atoms with van der Waals surface area (Å²) in [6.45, 7) is 4.01. The third-order valence-corrected chi connectivity index (χ3v) is 4.03. The monoisotopic (exact) mass is 270 g/mol. The van der Waals surface area contributed by atoms with Gasteiger partial charge in [-0.2, -0.15) is 5.10 Å². The molecule has 0 aliphatic carbocycles. The average molecular weight is 270 g/mol. The van der Waals surface area contributed by atoms with E-state index in [2.05, 4.69) is 46.5 Å². The smallest absolute Gasteiger partial charge is 0.135 e. The van der Waals surface area contributed by atoms with Crippen molar-refractivity contribution < 1.29 is 0 Å². The molecule has 0 radical (unpaired) electrons. The fourth-order valence-corrected chi connectivity index (χ4v) is 3.16. The summed E-state index contributed by atoms with van der Waals surface area (Å²) >= 11 is 0. The van der Waals surface area contributed by atoms with Crippen LogP contribution in [0.5, 0.6) is 0 Å². The number of aromatic nitrogens is 2. The van der Waals surface area contributed by atoms with Gasteiger partial charge in [-0.3, -0.25) is 4.68 Å². The summed E-state index contributed by atoms with van der Waals surface area (Å²) < 4.78 is 2.02. The predicted octanol–water partition coefficient (Wildman–Crippen LogP) is 2.53. The van der Waals surface area contributed by atoms with Crippen molar-refractivity contribution in [3.63, 3.8) is 0 Å². The van der Waals surface area contributed by atoms with Crippen molar-refractivity contribution in [2.24, 2.45) is 7.05 Å². The van der Waals surface area contributed by atoms with Crippen LogP contribution in [0.3, 0.4) is 0 Å². The predicted molar refractivity (Wildman–Crippen MR) is 82.5 cm³/mol. The second-order valence-corrected chi connectivity index (χ2v) is 5.43. The van der Waals surface area contributed by atoms with Crippen LogP contribution in [-0.2, 0) is 20.0 Å². The van der Waals surface area contributed by atoms with Gasteiger partial charge in [0.2, 0.25) is 0 Å². The van der Waals surface area contributed by atoms with Crippen molar-refractivity contribution >= 4 is 11.5 Å². The van der Waals surface area contributed by atoms with Crippen LogP contribution in [0.15, 0.2) is 24.3 Å². The number of fused-ring (bicyclic) bond motifs is 1. The van der Waals surface area contributed by atoms with Gasteiger partial charge in [0.05, 0.1) is 5.69 Å². The van der Waals surface area contributed by atoms with Crippen molar-refractivity contribution in [1.82, 2.24) is 15.1 Å². The molecular weight excluding hydrogens is 248 g/mol. The molecule has 0 unspecified atom stereocenters. The molecule has 1 aliphatic rings. The molecule has 106 valence electrons. The Kier molecular flexibility index (Phi) is 3.49. The van der Waals surface area contributed by atoms with Crippen LogP contribution in [0.4, 0.5) is 11.5 Å². The van der Waals surface area contributed by atoms with Crippen LogP contribution < -0.4 is 10.2 Å². The first-order valence-corrected chi connectivity index (χ1v) is 7.25. The Hall–Kier alpha value is -1.81. The van der Waals surface area contributed by atoms with E-state index in [0.29, 0.717) is 0 Å². The maximum atomic E-state index is 4.61. The molecule has 0 atom stereocenters. The Morgan fingerprint density at radius 2 is 2.10 bits per heavy atom. The lowest BCUT2D eigenvalue weighted by molar-refractivity contribution is 0.700. The molecule has 2 aromatic rings. The summed E-state index contributed by atoms with van der Waals surface area (Å²) in [5, 5.41) is 7.87. The summed E-state index contributed by atoms with van der Waals surface area (Å²) in [4.78, 5) is 2.42. The Morgan fingerprint density at radius 1 is 1.30 bits per heavy atom. The SMILES string of the molecule is CNCc1c(C)nn(C)c1N1CCCc2ccccc21. The summed E-state index contributed by atoms with van der Waals surface area (Å²) in [7, 11) is 4.03. The van der Waals surface area contributed by atoms with E-state index in [-0.39, 0.29) is 0 Å². The van der Waals surface area contributed by atoms with Crippen molar-refractivity contribution in [3.05, 3.63) is 41.1 Å². The second kappa shape index (κ2) is 5.29. The number of nitrogens with zero attached hydrogens (tertiary/aromatic N) is 3. The number of para-hydroxylation sites is 1. The number of anilines is 2. The summed E-state index contributed by atoms with van der Waals surface area (Å²) in [5.74, 6) is 1.23. The molecule has 4 heteroatoms. The van der Waals surface area contributed by atoms with Crippen LogP contribution in [0.2, 0.25) is 0 Å². The Bertz CT molecular complexity index is 615. The maximum absolute atomic E-state index is 4.61. The van der Waals surface area contributed by atoms with E-state index in [0.717, 1.165) is 18.8 Å². The van der Waals surface area contributed by atoms with Crippen molar-refractivity contribution in [3.8, 4) is 0 Å². The second-order valence-electron chi connectivity index (χ2n) is 5.43. The lowest BCUT2D eigenvalue weighted by Crippen LogP contribution is -2.27. The van der Waals surface area contributed by atoms with Gasteiger partial charge in [0.15, 0.2) is 0 Å². The molecule has 20 heavy (non-hydrogen) atoms. The standard InChI is InChI=1S/C16H22N4/c1-12-14(11-17-2)16(19(3)18-12)20-10-6-8-13-7-4-5-9-15(13)20/h4-5,7,9,17H,6,8,10-11H2,1-3H3. The van der Waals surface area contributed by atoms with E-state index < -0.39 is 0 Å². The van der Waals surface area contributed by atoms with Gasteiger partial charge < -0.3 is 10.2 Å². The maximum Gasteiger partial charge on any atom is 0.135 e. The minimum Gasteiger partial charge on any atom is -0.326 e. The van der Waals surface area contributed by atoms with Gasteiger partial charge >= 0.3 is 0 Å². The zero-order valence-corrected chi connectivity index (χ0v) is 12.5. The number of nitrogens with one attached hydrogen (secondary N) is 1. The molecule has 4 nitrogen and oxygen atoms in total. The summed E-state index contributed by atoms with van der Waals surface area (Å²) in [6, 6.07) is 8.71. The first-order chi connectivity index (χ1) is 9.72. The minimum atomic E-state index is 0.855. The Balaban J connectivity index is 2.11. The molecule has 1 aromatic carbocycles. The fourth-order valence-electron chi connectivity index (χ4n) is 3.16. The van der Waals surface area contributed by atoms with E-state index in [1.54, 1.807) is 0 Å². The third kappa shape index (κ3) is 2.10. The Morgan fingerprint density at radius 3 is 2.90 bits per heavy atom. The lowest BCUT2D eigenvalue weighted by atomic mass is 10.0. The zero-order chi connectivity index (χ0) is 14.1. The summed E-state index contributed by atoms with van der Waals surface area (Å²) in [6.07, 6.45) is 2.37. The van der Waals surface area contributed by atoms with Crippen molar-refractivity contribution in [2.75, 3.05) is 18.5 Å². The minimum absolute atomic E-state index is 0.855. The molecule has 0 bridgehead atoms. The van der Waals surface area contributed by atoms with Crippen LogP contribution >= 0.6 is 0 Å². The Labute approximate surface area is 120 Å². The van der Waals surface area contributed by atoms with Crippen LogP contribution in [0.1, 0.15) is 23.2 Å². The molecule has 2 heterocycles. The third-order valence-electron chi connectivity index (χ3n) is 4.03. The number of hydrogen-bond acceptors (Lipinski definition) is 3. The topological polar surface area (TPSA) is 33.1 Å². The van der Waals surface area contributed by atoms with E-state index in [9.17, 15) is 0 Å². The highest BCUT2D eigenvalue weighted by atomic mass is 15.4. The van der Waals surface area contributed by atoms with Crippen molar-refractivity contribution in [1.29, 1.82) is 0 Å². The normalized spacial score (nSPS) is 14.4. The highest BCUT2D eigenvalue weighted by Gasteiger charge is 2.24. The van der Waals surface area contributed by atoms with E-state index in [1.165, 1.54) is 35.5 Å². The van der Waals surface area contributed by atoms with Crippen LogP contribution in [0.25, 0.3) is 0 Å². The van der Waals surface area contributed by atoms with E-state index in [4.69, 9.17) is 0 Å². The molecule has 3 rings (SSSR count). The molecule has 1 N–H and O–H groups in total.